The Morgan fingerprint density at radius 1 is 1.15 bits per heavy atom. The topological polar surface area (TPSA) is 64.8 Å². The molecule has 108 valence electrons. The average Bonchev–Trinajstić information content (AvgIpc) is 2.48. The monoisotopic (exact) mass is 276 g/mol. The van der Waals surface area contributed by atoms with Crippen molar-refractivity contribution in [2.24, 2.45) is 5.73 Å². The zero-order valence-electron chi connectivity index (χ0n) is 11.5. The fourth-order valence-electron chi connectivity index (χ4n) is 2.84. The third kappa shape index (κ3) is 2.51. The van der Waals surface area contributed by atoms with Gasteiger partial charge in [0, 0.05) is 38.0 Å². The zero-order valence-corrected chi connectivity index (χ0v) is 11.5. The molecule has 0 atom stereocenters. The van der Waals surface area contributed by atoms with Crippen LogP contribution in [0.5, 0.6) is 0 Å². The van der Waals surface area contributed by atoms with Gasteiger partial charge >= 0.3 is 6.09 Å². The molecule has 20 heavy (non-hydrogen) atoms. The highest BCUT2D eigenvalue weighted by Gasteiger charge is 2.42. The number of hydrogen-bond acceptors (Lipinski definition) is 4. The van der Waals surface area contributed by atoms with Crippen molar-refractivity contribution in [1.82, 2.24) is 0 Å². The van der Waals surface area contributed by atoms with Crippen molar-refractivity contribution in [1.29, 1.82) is 0 Å². The summed E-state index contributed by atoms with van der Waals surface area (Å²) in [6.07, 6.45) is 2.22. The summed E-state index contributed by atoms with van der Waals surface area (Å²) >= 11 is 0. The molecule has 1 amide bonds. The Balaban J connectivity index is 1.72. The van der Waals surface area contributed by atoms with E-state index in [4.69, 9.17) is 15.2 Å². The zero-order chi connectivity index (χ0) is 14.0. The molecule has 1 aromatic rings. The van der Waals surface area contributed by atoms with E-state index in [0.717, 1.165) is 30.5 Å². The second-order valence-electron chi connectivity index (χ2n) is 5.44. The van der Waals surface area contributed by atoms with E-state index in [9.17, 15) is 4.79 Å². The minimum Gasteiger partial charge on any atom is -0.442 e. The lowest BCUT2D eigenvalue weighted by Crippen LogP contribution is -2.52. The van der Waals surface area contributed by atoms with Gasteiger partial charge in [0.15, 0.2) is 0 Å². The van der Waals surface area contributed by atoms with Gasteiger partial charge < -0.3 is 15.2 Å². The van der Waals surface area contributed by atoms with E-state index in [2.05, 4.69) is 0 Å². The number of anilines is 1. The summed E-state index contributed by atoms with van der Waals surface area (Å²) in [5.74, 6) is 0. The first-order valence-corrected chi connectivity index (χ1v) is 7.10. The quantitative estimate of drug-likeness (QED) is 0.897. The van der Waals surface area contributed by atoms with Crippen LogP contribution < -0.4 is 10.6 Å². The summed E-state index contributed by atoms with van der Waals surface area (Å²) < 4.78 is 11.1. The number of hydrogen-bond donors (Lipinski definition) is 1. The molecule has 3 rings (SSSR count). The smallest absolute Gasteiger partial charge is 0.414 e. The molecule has 5 heteroatoms. The Bertz CT molecular complexity index is 480. The summed E-state index contributed by atoms with van der Waals surface area (Å²) in [5, 5.41) is 0. The number of benzene rings is 1. The third-order valence-electron chi connectivity index (χ3n) is 4.20. The van der Waals surface area contributed by atoms with Gasteiger partial charge in [-0.2, -0.15) is 0 Å². The maximum absolute atomic E-state index is 12.3. The molecule has 0 aromatic heterocycles. The van der Waals surface area contributed by atoms with Crippen LogP contribution >= 0.6 is 0 Å². The Morgan fingerprint density at radius 2 is 1.85 bits per heavy atom. The fraction of sp³-hybridized carbons (Fsp3) is 0.533. The van der Waals surface area contributed by atoms with Crippen LogP contribution in [0, 0.1) is 0 Å². The van der Waals surface area contributed by atoms with E-state index in [1.165, 1.54) is 0 Å². The maximum atomic E-state index is 12.3. The highest BCUT2D eigenvalue weighted by molar-refractivity contribution is 5.88. The van der Waals surface area contributed by atoms with E-state index in [-0.39, 0.29) is 11.7 Å². The molecule has 0 bridgehead atoms. The average molecular weight is 276 g/mol. The highest BCUT2D eigenvalue weighted by atomic mass is 16.6. The van der Waals surface area contributed by atoms with Gasteiger partial charge in [0.05, 0.1) is 13.2 Å². The molecule has 2 saturated heterocycles. The van der Waals surface area contributed by atoms with Crippen molar-refractivity contribution >= 4 is 11.8 Å². The molecule has 2 fully saturated rings. The second kappa shape index (κ2) is 5.42. The fourth-order valence-corrected chi connectivity index (χ4v) is 2.84. The molecule has 0 aliphatic carbocycles. The summed E-state index contributed by atoms with van der Waals surface area (Å²) in [4.78, 5) is 14.0. The van der Waals surface area contributed by atoms with E-state index in [0.29, 0.717) is 26.3 Å². The van der Waals surface area contributed by atoms with E-state index in [1.807, 2.05) is 24.3 Å². The van der Waals surface area contributed by atoms with Crippen LogP contribution in [0.2, 0.25) is 0 Å². The molecule has 0 saturated carbocycles. The summed E-state index contributed by atoms with van der Waals surface area (Å²) in [6.45, 7) is 2.56. The molecular formula is C15H20N2O3. The van der Waals surface area contributed by atoms with Gasteiger partial charge in [0.1, 0.15) is 5.60 Å². The van der Waals surface area contributed by atoms with Crippen molar-refractivity contribution in [3.8, 4) is 0 Å². The van der Waals surface area contributed by atoms with Gasteiger partial charge in [-0.05, 0) is 17.7 Å². The first-order chi connectivity index (χ1) is 9.72. The molecular weight excluding hydrogens is 256 g/mol. The van der Waals surface area contributed by atoms with Crippen LogP contribution in [0.25, 0.3) is 0 Å². The van der Waals surface area contributed by atoms with Crippen molar-refractivity contribution < 1.29 is 14.3 Å². The molecule has 0 radical (unpaired) electrons. The van der Waals surface area contributed by atoms with Crippen LogP contribution in [-0.4, -0.2) is 31.5 Å². The normalized spacial score (nSPS) is 21.9. The molecule has 2 aliphatic heterocycles. The van der Waals surface area contributed by atoms with Crippen LogP contribution in [0.1, 0.15) is 24.8 Å². The van der Waals surface area contributed by atoms with Gasteiger partial charge in [0.2, 0.25) is 0 Å². The second-order valence-corrected chi connectivity index (χ2v) is 5.44. The van der Waals surface area contributed by atoms with Crippen molar-refractivity contribution in [3.05, 3.63) is 29.8 Å². The molecule has 2 aliphatic rings. The number of nitrogens with zero attached hydrogens (tertiary/aromatic N) is 1. The Kier molecular flexibility index (Phi) is 3.63. The number of carbonyl (C=O) groups is 1. The lowest BCUT2D eigenvalue weighted by atomic mass is 9.89. The van der Waals surface area contributed by atoms with Crippen LogP contribution in [0.4, 0.5) is 10.5 Å². The molecule has 0 unspecified atom stereocenters. The first kappa shape index (κ1) is 13.4. The summed E-state index contributed by atoms with van der Waals surface area (Å²) in [7, 11) is 0. The molecule has 2 N–H and O–H groups in total. The summed E-state index contributed by atoms with van der Waals surface area (Å²) in [5.41, 5.74) is 7.20. The number of rotatable bonds is 2. The molecule has 1 aromatic carbocycles. The highest BCUT2D eigenvalue weighted by Crippen LogP contribution is 2.34. The Labute approximate surface area is 118 Å². The van der Waals surface area contributed by atoms with Crippen molar-refractivity contribution in [2.45, 2.75) is 31.4 Å². The predicted molar refractivity (Wildman–Crippen MR) is 75.6 cm³/mol. The minimum absolute atomic E-state index is 0.251. The molecule has 2 heterocycles. The predicted octanol–water partition coefficient (Wildman–Crippen LogP) is 2.04. The Hall–Kier alpha value is -1.59. The van der Waals surface area contributed by atoms with Gasteiger partial charge in [-0.15, -0.1) is 0 Å². The van der Waals surface area contributed by atoms with E-state index < -0.39 is 0 Å². The number of carbonyl (C=O) groups excluding carboxylic acids is 1. The molecule has 1 spiro atoms. The van der Waals surface area contributed by atoms with Gasteiger partial charge in [-0.25, -0.2) is 4.79 Å². The van der Waals surface area contributed by atoms with Gasteiger partial charge in [-0.1, -0.05) is 12.1 Å². The van der Waals surface area contributed by atoms with Gasteiger partial charge in [0.25, 0.3) is 0 Å². The number of amides is 1. The largest absolute Gasteiger partial charge is 0.442 e. The number of ether oxygens (including phenoxy) is 2. The lowest BCUT2D eigenvalue weighted by Gasteiger charge is -2.43. The lowest BCUT2D eigenvalue weighted by molar-refractivity contribution is -0.0805. The third-order valence-corrected chi connectivity index (χ3v) is 4.20. The van der Waals surface area contributed by atoms with Crippen LogP contribution in [0.3, 0.4) is 0 Å². The van der Waals surface area contributed by atoms with Crippen molar-refractivity contribution in [3.63, 3.8) is 0 Å². The maximum Gasteiger partial charge on any atom is 0.414 e. The Morgan fingerprint density at radius 3 is 2.45 bits per heavy atom. The van der Waals surface area contributed by atoms with Crippen LogP contribution in [-0.2, 0) is 16.0 Å². The minimum atomic E-state index is -0.303. The SMILES string of the molecule is NCc1ccc(N2CCC3(CCOCC3)OC2=O)cc1. The standard InChI is InChI=1S/C15H20N2O3/c16-11-12-1-3-13(4-2-12)17-8-5-15(20-14(17)18)6-9-19-10-7-15/h1-4H,5-11,16H2. The van der Waals surface area contributed by atoms with Gasteiger partial charge in [-0.3, -0.25) is 4.90 Å². The van der Waals surface area contributed by atoms with E-state index in [1.54, 1.807) is 4.90 Å². The van der Waals surface area contributed by atoms with Crippen LogP contribution in [0.15, 0.2) is 24.3 Å². The van der Waals surface area contributed by atoms with E-state index >= 15 is 0 Å². The first-order valence-electron chi connectivity index (χ1n) is 7.10. The molecule has 5 nitrogen and oxygen atoms in total. The van der Waals surface area contributed by atoms with Crippen molar-refractivity contribution in [2.75, 3.05) is 24.7 Å². The number of nitrogens with two attached hydrogens (primary N) is 1. The summed E-state index contributed by atoms with van der Waals surface area (Å²) in [6, 6.07) is 7.74.